The molecule has 3 amide bonds. The summed E-state index contributed by atoms with van der Waals surface area (Å²) in [6.07, 6.45) is 5.99. The minimum Gasteiger partial charge on any atom is -0.478 e. The van der Waals surface area contributed by atoms with Gasteiger partial charge in [-0.05, 0) is 90.1 Å². The van der Waals surface area contributed by atoms with E-state index in [1.807, 2.05) is 51.1 Å². The minimum absolute atomic E-state index is 0.0678. The van der Waals surface area contributed by atoms with Gasteiger partial charge in [0, 0.05) is 68.1 Å². The van der Waals surface area contributed by atoms with Gasteiger partial charge in [0.15, 0.2) is 5.60 Å². The number of carbonyl (C=O) groups is 3. The molecule has 2 aliphatic heterocycles. The van der Waals surface area contributed by atoms with Gasteiger partial charge in [-0.3, -0.25) is 9.59 Å². The molecule has 2 saturated heterocycles. The third-order valence-electron chi connectivity index (χ3n) is 9.37. The summed E-state index contributed by atoms with van der Waals surface area (Å²) in [5.41, 5.74) is 0.500. The van der Waals surface area contributed by atoms with Gasteiger partial charge in [0.25, 0.3) is 5.91 Å². The first kappa shape index (κ1) is 35.0. The Morgan fingerprint density at radius 2 is 1.51 bits per heavy atom. The van der Waals surface area contributed by atoms with E-state index in [2.05, 4.69) is 43.9 Å². The third-order valence-corrected chi connectivity index (χ3v) is 9.90. The van der Waals surface area contributed by atoms with Crippen molar-refractivity contribution in [2.24, 2.45) is 5.92 Å². The van der Waals surface area contributed by atoms with Crippen molar-refractivity contribution in [1.82, 2.24) is 14.7 Å². The lowest BCUT2D eigenvalue weighted by molar-refractivity contribution is -0.147. The van der Waals surface area contributed by atoms with E-state index < -0.39 is 11.2 Å². The number of ether oxygens (including phenoxy) is 2. The molecule has 3 aliphatic rings. The van der Waals surface area contributed by atoms with Crippen LogP contribution < -0.4 is 9.64 Å². The molecule has 1 saturated carbocycles. The van der Waals surface area contributed by atoms with Crippen LogP contribution in [-0.2, 0) is 20.9 Å². The SMILES string of the molecule is CC(C)(C)OC(=O)N1CCN(C(=O)C(C)(C)Oc2cccc(N3CCC[C@@H](C(=O)N(Cc4ccc(Br)cc4)C4CCCC4)C3)c2)CC1. The molecular formula is C37H51BrN4O5. The fourth-order valence-corrected chi connectivity index (χ4v) is 7.18. The zero-order valence-electron chi connectivity index (χ0n) is 28.7. The van der Waals surface area contributed by atoms with Crippen molar-refractivity contribution in [2.75, 3.05) is 44.2 Å². The van der Waals surface area contributed by atoms with Crippen LogP contribution in [0.1, 0.15) is 78.7 Å². The first-order chi connectivity index (χ1) is 22.3. The molecule has 1 aliphatic carbocycles. The molecule has 0 N–H and O–H groups in total. The number of piperidine rings is 1. The Hall–Kier alpha value is -3.27. The van der Waals surface area contributed by atoms with E-state index in [1.165, 1.54) is 12.8 Å². The lowest BCUT2D eigenvalue weighted by atomic mass is 9.94. The Kier molecular flexibility index (Phi) is 11.1. The van der Waals surface area contributed by atoms with Gasteiger partial charge in [0.05, 0.1) is 5.92 Å². The second-order valence-electron chi connectivity index (χ2n) is 14.7. The fraction of sp³-hybridized carbons (Fsp3) is 0.595. The molecule has 0 radical (unpaired) electrons. The van der Waals surface area contributed by atoms with Gasteiger partial charge in [-0.1, -0.05) is 47.0 Å². The van der Waals surface area contributed by atoms with Gasteiger partial charge in [-0.2, -0.15) is 0 Å². The Balaban J connectivity index is 1.20. The van der Waals surface area contributed by atoms with Crippen molar-refractivity contribution in [3.05, 3.63) is 58.6 Å². The fourth-order valence-electron chi connectivity index (χ4n) is 6.92. The van der Waals surface area contributed by atoms with E-state index in [-0.39, 0.29) is 23.8 Å². The van der Waals surface area contributed by atoms with Crippen LogP contribution in [0.5, 0.6) is 5.75 Å². The van der Waals surface area contributed by atoms with Crippen molar-refractivity contribution in [3.8, 4) is 5.75 Å². The van der Waals surface area contributed by atoms with E-state index in [4.69, 9.17) is 9.47 Å². The molecule has 2 aromatic carbocycles. The van der Waals surface area contributed by atoms with Crippen LogP contribution in [0.3, 0.4) is 0 Å². The maximum Gasteiger partial charge on any atom is 0.410 e. The third kappa shape index (κ3) is 9.21. The smallest absolute Gasteiger partial charge is 0.410 e. The molecular weight excluding hydrogens is 660 g/mol. The second kappa shape index (κ2) is 14.9. The predicted molar refractivity (Wildman–Crippen MR) is 187 cm³/mol. The van der Waals surface area contributed by atoms with E-state index in [9.17, 15) is 14.4 Å². The number of benzene rings is 2. The lowest BCUT2D eigenvalue weighted by Crippen LogP contribution is -2.57. The van der Waals surface area contributed by atoms with Gasteiger partial charge in [-0.25, -0.2) is 4.79 Å². The Morgan fingerprint density at radius 1 is 0.851 bits per heavy atom. The summed E-state index contributed by atoms with van der Waals surface area (Å²) in [5, 5.41) is 0. The van der Waals surface area contributed by atoms with E-state index >= 15 is 0 Å². The van der Waals surface area contributed by atoms with Crippen molar-refractivity contribution >= 4 is 39.5 Å². The highest BCUT2D eigenvalue weighted by molar-refractivity contribution is 9.10. The highest BCUT2D eigenvalue weighted by atomic mass is 79.9. The van der Waals surface area contributed by atoms with E-state index in [1.54, 1.807) is 23.6 Å². The molecule has 1 atom stereocenters. The first-order valence-corrected chi connectivity index (χ1v) is 17.9. The van der Waals surface area contributed by atoms with Gasteiger partial charge in [0.1, 0.15) is 11.4 Å². The standard InChI is InChI=1S/C37H51BrN4O5/c1-36(2,3)47-35(45)40-22-20-39(21-23-40)34(44)37(4,5)46-32-14-8-13-31(24-32)41-19-9-10-28(26-41)33(43)42(30-11-6-7-12-30)25-27-15-17-29(38)18-16-27/h8,13-18,24,28,30H,6-7,9-12,19-23,25-26H2,1-5H3/t28-/m1/s1. The van der Waals surface area contributed by atoms with Crippen molar-refractivity contribution in [2.45, 2.75) is 96.9 Å². The van der Waals surface area contributed by atoms with Crippen molar-refractivity contribution in [1.29, 1.82) is 0 Å². The Labute approximate surface area is 288 Å². The van der Waals surface area contributed by atoms with Gasteiger partial charge < -0.3 is 29.1 Å². The minimum atomic E-state index is -1.10. The molecule has 9 nitrogen and oxygen atoms in total. The maximum absolute atomic E-state index is 14.1. The summed E-state index contributed by atoms with van der Waals surface area (Å²) in [6, 6.07) is 16.5. The highest BCUT2D eigenvalue weighted by Crippen LogP contribution is 2.32. The van der Waals surface area contributed by atoms with E-state index in [0.717, 1.165) is 48.0 Å². The number of piperazine rings is 1. The molecule has 256 valence electrons. The molecule has 2 heterocycles. The normalized spacial score (nSPS) is 19.4. The van der Waals surface area contributed by atoms with Crippen LogP contribution in [0.4, 0.5) is 10.5 Å². The average molecular weight is 712 g/mol. The van der Waals surface area contributed by atoms with Crippen LogP contribution in [0.2, 0.25) is 0 Å². The monoisotopic (exact) mass is 710 g/mol. The van der Waals surface area contributed by atoms with Gasteiger partial charge >= 0.3 is 6.09 Å². The highest BCUT2D eigenvalue weighted by Gasteiger charge is 2.38. The van der Waals surface area contributed by atoms with E-state index in [0.29, 0.717) is 51.1 Å². The second-order valence-corrected chi connectivity index (χ2v) is 15.6. The topological polar surface area (TPSA) is 82.6 Å². The molecule has 5 rings (SSSR count). The summed E-state index contributed by atoms with van der Waals surface area (Å²) in [7, 11) is 0. The summed E-state index contributed by atoms with van der Waals surface area (Å²) < 4.78 is 12.9. The number of anilines is 1. The number of nitrogens with zero attached hydrogens (tertiary/aromatic N) is 4. The Bertz CT molecular complexity index is 1390. The number of halogens is 1. The molecule has 0 bridgehead atoms. The largest absolute Gasteiger partial charge is 0.478 e. The number of rotatable bonds is 8. The van der Waals surface area contributed by atoms with Crippen LogP contribution in [0.25, 0.3) is 0 Å². The van der Waals surface area contributed by atoms with Crippen LogP contribution >= 0.6 is 15.9 Å². The molecule has 47 heavy (non-hydrogen) atoms. The molecule has 0 spiro atoms. The quantitative estimate of drug-likeness (QED) is 0.297. The lowest BCUT2D eigenvalue weighted by Gasteiger charge is -2.39. The maximum atomic E-state index is 14.1. The summed E-state index contributed by atoms with van der Waals surface area (Å²) in [5.74, 6) is 0.690. The van der Waals surface area contributed by atoms with Crippen LogP contribution in [0.15, 0.2) is 53.0 Å². The summed E-state index contributed by atoms with van der Waals surface area (Å²) >= 11 is 3.53. The number of hydrogen-bond acceptors (Lipinski definition) is 6. The predicted octanol–water partition coefficient (Wildman–Crippen LogP) is 6.87. The summed E-state index contributed by atoms with van der Waals surface area (Å²) in [6.45, 7) is 13.0. The summed E-state index contributed by atoms with van der Waals surface area (Å²) in [4.78, 5) is 48.0. The Morgan fingerprint density at radius 3 is 2.17 bits per heavy atom. The van der Waals surface area contributed by atoms with Gasteiger partial charge in [-0.15, -0.1) is 0 Å². The number of carbonyl (C=O) groups excluding carboxylic acids is 3. The first-order valence-electron chi connectivity index (χ1n) is 17.2. The van der Waals surface area contributed by atoms with Crippen LogP contribution in [0, 0.1) is 5.92 Å². The molecule has 2 aromatic rings. The zero-order valence-corrected chi connectivity index (χ0v) is 30.3. The molecule has 0 aromatic heterocycles. The van der Waals surface area contributed by atoms with Crippen molar-refractivity contribution in [3.63, 3.8) is 0 Å². The molecule has 0 unspecified atom stereocenters. The zero-order chi connectivity index (χ0) is 33.8. The molecule has 3 fully saturated rings. The van der Waals surface area contributed by atoms with Crippen LogP contribution in [-0.4, -0.2) is 89.1 Å². The van der Waals surface area contributed by atoms with Crippen molar-refractivity contribution < 1.29 is 23.9 Å². The number of hydrogen-bond donors (Lipinski definition) is 0. The average Bonchev–Trinajstić information content (AvgIpc) is 3.58. The number of amides is 3. The van der Waals surface area contributed by atoms with Gasteiger partial charge in [0.2, 0.25) is 5.91 Å². The molecule has 10 heteroatoms.